The van der Waals surface area contributed by atoms with E-state index in [-0.39, 0.29) is 41.3 Å². The number of fused-ring (bicyclic) bond motifs is 5. The molecule has 4 N–H and O–H groups in total. The van der Waals surface area contributed by atoms with E-state index in [4.69, 9.17) is 5.11 Å². The predicted octanol–water partition coefficient (Wildman–Crippen LogP) is 3.45. The molecule has 0 bridgehead atoms. The maximum absolute atomic E-state index is 11.5. The van der Waals surface area contributed by atoms with Crippen molar-refractivity contribution >= 4 is 5.97 Å². The van der Waals surface area contributed by atoms with Crippen LogP contribution in [0.4, 0.5) is 0 Å². The number of carboxylic acid groups (broad SMARTS) is 1. The molecule has 0 aliphatic heterocycles. The molecule has 0 amide bonds. The minimum atomic E-state index is -0.748. The van der Waals surface area contributed by atoms with E-state index in [1.54, 1.807) is 0 Å². The van der Waals surface area contributed by atoms with Crippen LogP contribution in [0.2, 0.25) is 0 Å². The summed E-state index contributed by atoms with van der Waals surface area (Å²) >= 11 is 0. The summed E-state index contributed by atoms with van der Waals surface area (Å²) in [5.41, 5.74) is -0.143. The molecule has 0 spiro atoms. The fraction of sp³-hybridized carbons (Fsp3) is 0.958. The highest BCUT2D eigenvalue weighted by molar-refractivity contribution is 5.66. The third-order valence-corrected chi connectivity index (χ3v) is 10.3. The first kappa shape index (κ1) is 21.6. The molecule has 4 unspecified atom stereocenters. The van der Waals surface area contributed by atoms with E-state index >= 15 is 0 Å². The number of carbonyl (C=O) groups is 1. The van der Waals surface area contributed by atoms with Crippen LogP contribution in [-0.4, -0.2) is 44.7 Å². The molecule has 0 aromatic heterocycles. The number of carboxylic acids is 1. The standard InChI is InChI=1S/C24H40O5/c1-13(4-7-21(28)29)16-5-6-17-22-18(12-20(27)24(16,17)3)23(2)9-8-15(25)10-14(23)11-19(22)26/h13-20,22,25-27H,4-12H2,1-3H3,(H,28,29)/t13-,14?,15+,16?,17-,18-,19?,20-,22?,23-,24+/m0/s1. The van der Waals surface area contributed by atoms with Crippen molar-refractivity contribution in [3.63, 3.8) is 0 Å². The summed E-state index contributed by atoms with van der Waals surface area (Å²) < 4.78 is 0. The number of aliphatic hydroxyl groups is 3. The van der Waals surface area contributed by atoms with Crippen molar-refractivity contribution in [2.24, 2.45) is 46.3 Å². The molecule has 0 aromatic rings. The third-order valence-electron chi connectivity index (χ3n) is 10.3. The Morgan fingerprint density at radius 3 is 2.45 bits per heavy atom. The molecule has 0 aromatic carbocycles. The van der Waals surface area contributed by atoms with Crippen molar-refractivity contribution in [1.29, 1.82) is 0 Å². The second-order valence-corrected chi connectivity index (χ2v) is 11.4. The molecular formula is C24H40O5. The molecule has 4 fully saturated rings. The Morgan fingerprint density at radius 2 is 1.76 bits per heavy atom. The predicted molar refractivity (Wildman–Crippen MR) is 110 cm³/mol. The SMILES string of the molecule is C[C@@H](CCC(=O)O)C1CC[C@H]2C3C(O)CC4C[C@H](O)CC[C@]4(C)[C@H]3C[C@H](O)[C@]12C. The normalized spacial score (nSPS) is 52.9. The number of rotatable bonds is 4. The Labute approximate surface area is 174 Å². The van der Waals surface area contributed by atoms with E-state index in [0.717, 1.165) is 44.9 Å². The second-order valence-electron chi connectivity index (χ2n) is 11.4. The zero-order valence-corrected chi connectivity index (χ0v) is 18.3. The van der Waals surface area contributed by atoms with Gasteiger partial charge in [-0.3, -0.25) is 4.79 Å². The van der Waals surface area contributed by atoms with Crippen molar-refractivity contribution in [2.45, 2.75) is 96.9 Å². The topological polar surface area (TPSA) is 98.0 Å². The van der Waals surface area contributed by atoms with Gasteiger partial charge in [-0.25, -0.2) is 0 Å². The van der Waals surface area contributed by atoms with E-state index < -0.39 is 12.1 Å². The van der Waals surface area contributed by atoms with E-state index in [1.807, 2.05) is 0 Å². The Hall–Kier alpha value is -0.650. The zero-order valence-electron chi connectivity index (χ0n) is 18.3. The number of hydrogen-bond acceptors (Lipinski definition) is 4. The van der Waals surface area contributed by atoms with Gasteiger partial charge in [0.05, 0.1) is 18.3 Å². The summed E-state index contributed by atoms with van der Waals surface area (Å²) in [6, 6.07) is 0. The van der Waals surface area contributed by atoms with Crippen molar-refractivity contribution in [2.75, 3.05) is 0 Å². The molecule has 4 aliphatic rings. The minimum Gasteiger partial charge on any atom is -0.481 e. The molecule has 5 nitrogen and oxygen atoms in total. The fourth-order valence-electron chi connectivity index (χ4n) is 8.68. The van der Waals surface area contributed by atoms with Gasteiger partial charge >= 0.3 is 5.97 Å². The van der Waals surface area contributed by atoms with Crippen LogP contribution in [0.15, 0.2) is 0 Å². The van der Waals surface area contributed by atoms with Crippen LogP contribution in [0.3, 0.4) is 0 Å². The van der Waals surface area contributed by atoms with Crippen LogP contribution >= 0.6 is 0 Å². The van der Waals surface area contributed by atoms with Gasteiger partial charge in [-0.05, 0) is 97.7 Å². The summed E-state index contributed by atoms with van der Waals surface area (Å²) in [5.74, 6) is 0.997. The highest BCUT2D eigenvalue weighted by Gasteiger charge is 2.65. The quantitative estimate of drug-likeness (QED) is 0.571. The van der Waals surface area contributed by atoms with Gasteiger partial charge in [0.15, 0.2) is 0 Å². The molecule has 11 atom stereocenters. The van der Waals surface area contributed by atoms with Crippen molar-refractivity contribution in [1.82, 2.24) is 0 Å². The summed E-state index contributed by atoms with van der Waals surface area (Å²) in [4.78, 5) is 11.1. The smallest absolute Gasteiger partial charge is 0.303 e. The summed E-state index contributed by atoms with van der Waals surface area (Å²) in [5, 5.41) is 42.0. The molecule has 0 radical (unpaired) electrons. The lowest BCUT2D eigenvalue weighted by Gasteiger charge is -2.63. The molecule has 29 heavy (non-hydrogen) atoms. The van der Waals surface area contributed by atoms with Crippen LogP contribution in [0.1, 0.15) is 78.6 Å². The second kappa shape index (κ2) is 7.49. The van der Waals surface area contributed by atoms with E-state index in [2.05, 4.69) is 20.8 Å². The molecule has 0 saturated heterocycles. The largest absolute Gasteiger partial charge is 0.481 e. The number of aliphatic carboxylic acids is 1. The molecule has 4 rings (SSSR count). The van der Waals surface area contributed by atoms with Gasteiger partial charge in [0.1, 0.15) is 0 Å². The van der Waals surface area contributed by atoms with Crippen LogP contribution < -0.4 is 0 Å². The van der Waals surface area contributed by atoms with Crippen molar-refractivity contribution < 1.29 is 25.2 Å². The first-order valence-electron chi connectivity index (χ1n) is 11.8. The summed E-state index contributed by atoms with van der Waals surface area (Å²) in [7, 11) is 0. The molecule has 166 valence electrons. The Balaban J connectivity index is 1.61. The van der Waals surface area contributed by atoms with Gasteiger partial charge in [-0.1, -0.05) is 20.8 Å². The number of aliphatic hydroxyl groups excluding tert-OH is 3. The van der Waals surface area contributed by atoms with Crippen molar-refractivity contribution in [3.8, 4) is 0 Å². The molecular weight excluding hydrogens is 368 g/mol. The summed E-state index contributed by atoms with van der Waals surface area (Å²) in [6.45, 7) is 6.72. The maximum atomic E-state index is 11.5. The van der Waals surface area contributed by atoms with Gasteiger partial charge in [0.25, 0.3) is 0 Å². The highest BCUT2D eigenvalue weighted by Crippen LogP contribution is 2.68. The van der Waals surface area contributed by atoms with Gasteiger partial charge in [-0.2, -0.15) is 0 Å². The maximum Gasteiger partial charge on any atom is 0.303 e. The fourth-order valence-corrected chi connectivity index (χ4v) is 8.68. The van der Waals surface area contributed by atoms with Gasteiger partial charge < -0.3 is 20.4 Å². The summed E-state index contributed by atoms with van der Waals surface area (Å²) in [6.07, 6.45) is 6.00. The van der Waals surface area contributed by atoms with Gasteiger partial charge in [0.2, 0.25) is 0 Å². The molecule has 4 aliphatic carbocycles. The third kappa shape index (κ3) is 3.27. The van der Waals surface area contributed by atoms with Crippen LogP contribution in [0.5, 0.6) is 0 Å². The highest BCUT2D eigenvalue weighted by atomic mass is 16.4. The number of hydrogen-bond donors (Lipinski definition) is 4. The van der Waals surface area contributed by atoms with Crippen molar-refractivity contribution in [3.05, 3.63) is 0 Å². The Morgan fingerprint density at radius 1 is 1.03 bits per heavy atom. The van der Waals surface area contributed by atoms with Gasteiger partial charge in [0, 0.05) is 6.42 Å². The molecule has 0 heterocycles. The Bertz CT molecular complexity index is 637. The lowest BCUT2D eigenvalue weighted by atomic mass is 9.43. The van der Waals surface area contributed by atoms with E-state index in [0.29, 0.717) is 30.1 Å². The lowest BCUT2D eigenvalue weighted by Crippen LogP contribution is -2.62. The zero-order chi connectivity index (χ0) is 21.1. The van der Waals surface area contributed by atoms with Gasteiger partial charge in [-0.15, -0.1) is 0 Å². The average molecular weight is 409 g/mol. The monoisotopic (exact) mass is 408 g/mol. The Kier molecular flexibility index (Phi) is 5.57. The minimum absolute atomic E-state index is 0.0957. The van der Waals surface area contributed by atoms with E-state index in [1.165, 1.54) is 0 Å². The van der Waals surface area contributed by atoms with E-state index in [9.17, 15) is 20.1 Å². The average Bonchev–Trinajstić information content (AvgIpc) is 3.01. The van der Waals surface area contributed by atoms with Crippen LogP contribution in [-0.2, 0) is 4.79 Å². The first-order chi connectivity index (χ1) is 13.6. The lowest BCUT2D eigenvalue weighted by molar-refractivity contribution is -0.207. The first-order valence-corrected chi connectivity index (χ1v) is 11.8. The molecule has 5 heteroatoms. The van der Waals surface area contributed by atoms with Crippen LogP contribution in [0.25, 0.3) is 0 Å². The molecule has 4 saturated carbocycles. The van der Waals surface area contributed by atoms with Crippen LogP contribution in [0, 0.1) is 46.3 Å².